The zero-order valence-electron chi connectivity index (χ0n) is 18.0. The number of rotatable bonds is 4. The molecule has 1 amide bonds. The van der Waals surface area contributed by atoms with Gasteiger partial charge in [0.05, 0.1) is 17.3 Å². The summed E-state index contributed by atoms with van der Waals surface area (Å²) < 4.78 is 40.4. The number of amides is 1. The molecule has 5 heterocycles. The number of anilines is 3. The smallest absolute Gasteiger partial charge is 0.383 e. The van der Waals surface area contributed by atoms with Crippen LogP contribution < -0.4 is 20.9 Å². The number of nitrogens with one attached hydrogen (secondary N) is 1. The molecule has 2 aromatic rings. The Morgan fingerprint density at radius 2 is 1.94 bits per heavy atom. The van der Waals surface area contributed by atoms with E-state index in [9.17, 15) is 18.0 Å². The first-order valence-corrected chi connectivity index (χ1v) is 11.2. The summed E-state index contributed by atoms with van der Waals surface area (Å²) in [4.78, 5) is 29.2. The molecule has 0 spiro atoms. The van der Waals surface area contributed by atoms with Crippen LogP contribution in [-0.4, -0.2) is 52.1 Å². The van der Waals surface area contributed by atoms with E-state index in [0.29, 0.717) is 41.9 Å². The average Bonchev–Trinajstić information content (AvgIpc) is 3.06. The molecule has 0 aromatic carbocycles. The summed E-state index contributed by atoms with van der Waals surface area (Å²) in [5, 5.41) is 3.01. The van der Waals surface area contributed by atoms with Gasteiger partial charge in [-0.25, -0.2) is 9.97 Å². The predicted molar refractivity (Wildman–Crippen MR) is 115 cm³/mol. The quantitative estimate of drug-likeness (QED) is 0.725. The lowest BCUT2D eigenvalue weighted by molar-refractivity contribution is -0.137. The second-order valence-corrected chi connectivity index (χ2v) is 9.64. The zero-order valence-corrected chi connectivity index (χ0v) is 18.0. The predicted octanol–water partition coefficient (Wildman–Crippen LogP) is 2.45. The molecule has 2 aromatic heterocycles. The van der Waals surface area contributed by atoms with Gasteiger partial charge < -0.3 is 20.9 Å². The Balaban J connectivity index is 1.40. The van der Waals surface area contributed by atoms with Gasteiger partial charge >= 0.3 is 6.18 Å². The van der Waals surface area contributed by atoms with Crippen molar-refractivity contribution in [2.45, 2.75) is 50.5 Å². The zero-order chi connectivity index (χ0) is 23.1. The van der Waals surface area contributed by atoms with Crippen LogP contribution in [0, 0.1) is 11.8 Å². The fourth-order valence-corrected chi connectivity index (χ4v) is 5.62. The van der Waals surface area contributed by atoms with Crippen molar-refractivity contribution in [1.82, 2.24) is 20.3 Å². The molecule has 2 bridgehead atoms. The molecule has 7 rings (SSSR count). The fraction of sp³-hybridized carbons (Fsp3) is 0.545. The Kier molecular flexibility index (Phi) is 4.31. The molecule has 2 saturated carbocycles. The Hall–Kier alpha value is -3.11. The molecular weight excluding hydrogens is 435 g/mol. The summed E-state index contributed by atoms with van der Waals surface area (Å²) in [6.45, 7) is 2.99. The number of nitrogens with two attached hydrogens (primary N) is 1. The average molecular weight is 459 g/mol. The second kappa shape index (κ2) is 6.94. The van der Waals surface area contributed by atoms with Crippen molar-refractivity contribution in [2.75, 3.05) is 28.6 Å². The number of aromatic nitrogens is 3. The first-order chi connectivity index (χ1) is 15.7. The van der Waals surface area contributed by atoms with Gasteiger partial charge in [0.2, 0.25) is 11.9 Å². The summed E-state index contributed by atoms with van der Waals surface area (Å²) in [6.07, 6.45) is -0.124. The van der Waals surface area contributed by atoms with Gasteiger partial charge in [0.15, 0.2) is 0 Å². The van der Waals surface area contributed by atoms with Gasteiger partial charge in [-0.1, -0.05) is 0 Å². The standard InChI is InChI=1S/C22H24F3N7O/c1-10(33)28-17-9-32(18-5-14(17)18)19-6-16(12-4-15(22(23,24)25)20(26)27-7-12)29-21(30-19)31-8-11-2-13(31)3-11/h4,6-7,11,13-14,17-18H,2-3,5,8-9H2,1H3,(H2,26,27)(H,28,33)/t11?,13?,14-,17?,18+/m1/s1. The van der Waals surface area contributed by atoms with E-state index < -0.39 is 17.6 Å². The maximum atomic E-state index is 13.5. The van der Waals surface area contributed by atoms with E-state index in [4.69, 9.17) is 10.7 Å². The molecule has 5 fully saturated rings. The van der Waals surface area contributed by atoms with Gasteiger partial charge in [-0.3, -0.25) is 4.79 Å². The van der Waals surface area contributed by atoms with E-state index in [0.717, 1.165) is 31.9 Å². The first kappa shape index (κ1) is 20.5. The highest BCUT2D eigenvalue weighted by molar-refractivity contribution is 5.74. The molecule has 3 saturated heterocycles. The number of carbonyl (C=O) groups is 1. The van der Waals surface area contributed by atoms with Crippen LogP contribution in [0.4, 0.5) is 30.8 Å². The summed E-state index contributed by atoms with van der Waals surface area (Å²) in [7, 11) is 0. The third-order valence-electron chi connectivity index (χ3n) is 7.38. The van der Waals surface area contributed by atoms with Crippen LogP contribution in [0.25, 0.3) is 11.3 Å². The summed E-state index contributed by atoms with van der Waals surface area (Å²) >= 11 is 0. The number of halogens is 3. The molecule has 3 N–H and O–H groups in total. The Labute approximate surface area is 188 Å². The number of hydrogen-bond donors (Lipinski definition) is 2. The van der Waals surface area contributed by atoms with E-state index in [1.807, 2.05) is 0 Å². The minimum absolute atomic E-state index is 0.0454. The van der Waals surface area contributed by atoms with Gasteiger partial charge in [-0.15, -0.1) is 0 Å². The van der Waals surface area contributed by atoms with Gasteiger partial charge in [-0.05, 0) is 31.2 Å². The van der Waals surface area contributed by atoms with Crippen LogP contribution in [0.1, 0.15) is 31.7 Å². The lowest BCUT2D eigenvalue weighted by Crippen LogP contribution is -2.39. The fourth-order valence-electron chi connectivity index (χ4n) is 5.62. The van der Waals surface area contributed by atoms with Crippen LogP contribution in [0.3, 0.4) is 0 Å². The van der Waals surface area contributed by atoms with E-state index in [2.05, 4.69) is 25.1 Å². The molecule has 3 aliphatic heterocycles. The Morgan fingerprint density at radius 1 is 1.15 bits per heavy atom. The van der Waals surface area contributed by atoms with E-state index in [1.165, 1.54) is 13.1 Å². The second-order valence-electron chi connectivity index (χ2n) is 9.64. The third kappa shape index (κ3) is 3.44. The third-order valence-corrected chi connectivity index (χ3v) is 7.38. The number of nitrogens with zero attached hydrogens (tertiary/aromatic N) is 5. The molecular formula is C22H24F3N7O. The maximum absolute atomic E-state index is 13.5. The van der Waals surface area contributed by atoms with Gasteiger partial charge in [0.25, 0.3) is 0 Å². The minimum atomic E-state index is -4.61. The number of fused-ring (bicyclic) bond motifs is 2. The van der Waals surface area contributed by atoms with Crippen molar-refractivity contribution < 1.29 is 18.0 Å². The van der Waals surface area contributed by atoms with E-state index >= 15 is 0 Å². The van der Waals surface area contributed by atoms with Crippen LogP contribution in [-0.2, 0) is 11.0 Å². The molecule has 1 unspecified atom stereocenters. The molecule has 174 valence electrons. The highest BCUT2D eigenvalue weighted by Crippen LogP contribution is 2.48. The topological polar surface area (TPSA) is 100 Å². The minimum Gasteiger partial charge on any atom is -0.383 e. The van der Waals surface area contributed by atoms with Crippen LogP contribution in [0.2, 0.25) is 0 Å². The van der Waals surface area contributed by atoms with Crippen molar-refractivity contribution in [1.29, 1.82) is 0 Å². The number of carbonyl (C=O) groups excluding carboxylic acids is 1. The van der Waals surface area contributed by atoms with Gasteiger partial charge in [0.1, 0.15) is 11.6 Å². The van der Waals surface area contributed by atoms with E-state index in [1.54, 1.807) is 6.07 Å². The summed E-state index contributed by atoms with van der Waals surface area (Å²) in [5.41, 5.74) is 5.16. The molecule has 8 nitrogen and oxygen atoms in total. The number of hydrogen-bond acceptors (Lipinski definition) is 7. The van der Waals surface area contributed by atoms with E-state index in [-0.39, 0.29) is 23.6 Å². The maximum Gasteiger partial charge on any atom is 0.419 e. The Bertz CT molecular complexity index is 1130. The number of alkyl halides is 3. The van der Waals surface area contributed by atoms with Crippen LogP contribution in [0.15, 0.2) is 18.3 Å². The molecule has 0 radical (unpaired) electrons. The van der Waals surface area contributed by atoms with Crippen molar-refractivity contribution in [3.63, 3.8) is 0 Å². The Morgan fingerprint density at radius 3 is 2.61 bits per heavy atom. The molecule has 3 atom stereocenters. The van der Waals surface area contributed by atoms with Crippen LogP contribution in [0.5, 0.6) is 0 Å². The normalized spacial score (nSPS) is 29.6. The highest BCUT2D eigenvalue weighted by Gasteiger charge is 2.54. The first-order valence-electron chi connectivity index (χ1n) is 11.2. The molecule has 5 aliphatic rings. The van der Waals surface area contributed by atoms with Crippen LogP contribution >= 0.6 is 0 Å². The monoisotopic (exact) mass is 459 g/mol. The SMILES string of the molecule is CC(=O)NC1CN(c2cc(-c3cnc(N)c(C(F)(F)F)c3)nc(N3CC4CC3C4)n2)[C@H]2C[C@H]12. The largest absolute Gasteiger partial charge is 0.419 e. The summed E-state index contributed by atoms with van der Waals surface area (Å²) in [5.74, 6) is 1.58. The summed E-state index contributed by atoms with van der Waals surface area (Å²) in [6, 6.07) is 3.42. The van der Waals surface area contributed by atoms with Gasteiger partial charge in [-0.2, -0.15) is 18.2 Å². The number of nitrogen functional groups attached to an aromatic ring is 1. The van der Waals surface area contributed by atoms with Crippen molar-refractivity contribution in [3.8, 4) is 11.3 Å². The van der Waals surface area contributed by atoms with Crippen molar-refractivity contribution in [3.05, 3.63) is 23.9 Å². The lowest BCUT2D eigenvalue weighted by atomic mass is 9.86. The molecule has 11 heteroatoms. The van der Waals surface area contributed by atoms with Crippen molar-refractivity contribution in [2.24, 2.45) is 11.8 Å². The van der Waals surface area contributed by atoms with Crippen molar-refractivity contribution >= 4 is 23.5 Å². The molecule has 2 aliphatic carbocycles. The number of piperidine rings is 1. The lowest BCUT2D eigenvalue weighted by Gasteiger charge is -2.28. The number of pyridine rings is 1. The van der Waals surface area contributed by atoms with Gasteiger partial charge in [0, 0.05) is 55.8 Å². The highest BCUT2D eigenvalue weighted by atomic mass is 19.4. The molecule has 33 heavy (non-hydrogen) atoms.